The Morgan fingerprint density at radius 2 is 1.91 bits per heavy atom. The average Bonchev–Trinajstić information content (AvgIpc) is 2.86. The van der Waals surface area contributed by atoms with E-state index in [0.717, 1.165) is 5.69 Å². The monoisotopic (exact) mass is 149 g/mol. The molecule has 0 spiro atoms. The Morgan fingerprint density at radius 1 is 1.18 bits per heavy atom. The van der Waals surface area contributed by atoms with Gasteiger partial charge in [0.2, 0.25) is 0 Å². The minimum Gasteiger partial charge on any atom is -0.273 e. The van der Waals surface area contributed by atoms with Crippen LogP contribution >= 0.6 is 0 Å². The molecule has 0 saturated heterocycles. The van der Waals surface area contributed by atoms with Gasteiger partial charge in [0.25, 0.3) is 0 Å². The van der Waals surface area contributed by atoms with E-state index in [9.17, 15) is 0 Å². The molecule has 1 aromatic carbocycles. The molecule has 0 aliphatic heterocycles. The molecule has 1 N–H and O–H groups in total. The van der Waals surface area contributed by atoms with Gasteiger partial charge in [0, 0.05) is 0 Å². The van der Waals surface area contributed by atoms with Gasteiger partial charge < -0.3 is 0 Å². The number of hydrogen-bond acceptors (Lipinski definition) is 2. The number of para-hydroxylation sites is 1. The summed E-state index contributed by atoms with van der Waals surface area (Å²) in [6.07, 6.45) is 2.84. The normalized spacial score (nSPS) is 16.4. The van der Waals surface area contributed by atoms with Crippen molar-refractivity contribution in [3.63, 3.8) is 0 Å². The van der Waals surface area contributed by atoms with Crippen molar-refractivity contribution in [1.29, 1.82) is 0 Å². The molecule has 0 bridgehead atoms. The zero-order valence-corrected chi connectivity index (χ0v) is 6.29. The van der Waals surface area contributed by atoms with E-state index in [-0.39, 0.29) is 0 Å². The highest BCUT2D eigenvalue weighted by Crippen LogP contribution is 2.23. The quantitative estimate of drug-likeness (QED) is 0.665. The second-order valence-electron chi connectivity index (χ2n) is 2.79. The highest BCUT2D eigenvalue weighted by atomic mass is 16.7. The van der Waals surface area contributed by atoms with Crippen LogP contribution < -0.4 is 5.48 Å². The first-order valence-electron chi connectivity index (χ1n) is 3.92. The van der Waals surface area contributed by atoms with Crippen molar-refractivity contribution >= 4 is 5.69 Å². The van der Waals surface area contributed by atoms with Crippen LogP contribution in [0, 0.1) is 0 Å². The van der Waals surface area contributed by atoms with Gasteiger partial charge in [-0.25, -0.2) is 0 Å². The number of benzene rings is 1. The molecule has 1 fully saturated rings. The van der Waals surface area contributed by atoms with Gasteiger partial charge in [-0.2, -0.15) is 0 Å². The molecule has 1 saturated carbocycles. The highest BCUT2D eigenvalue weighted by molar-refractivity contribution is 5.40. The fraction of sp³-hybridized carbons (Fsp3) is 0.333. The van der Waals surface area contributed by atoms with Gasteiger partial charge in [0.1, 0.15) is 0 Å². The predicted octanol–water partition coefficient (Wildman–Crippen LogP) is 2.19. The molecule has 1 aliphatic carbocycles. The average molecular weight is 149 g/mol. The maximum absolute atomic E-state index is 5.29. The minimum atomic E-state index is 0.454. The number of hydrogen-bond donors (Lipinski definition) is 1. The molecule has 0 amide bonds. The summed E-state index contributed by atoms with van der Waals surface area (Å²) in [6.45, 7) is 0. The fourth-order valence-electron chi connectivity index (χ4n) is 0.843. The smallest absolute Gasteiger partial charge is 0.0855 e. The van der Waals surface area contributed by atoms with Crippen LogP contribution in [-0.4, -0.2) is 6.10 Å². The zero-order valence-electron chi connectivity index (χ0n) is 6.29. The van der Waals surface area contributed by atoms with Gasteiger partial charge in [0.05, 0.1) is 11.8 Å². The zero-order chi connectivity index (χ0) is 7.52. The Bertz CT molecular complexity index is 218. The van der Waals surface area contributed by atoms with E-state index in [1.54, 1.807) is 0 Å². The third-order valence-electron chi connectivity index (χ3n) is 1.64. The first-order chi connectivity index (χ1) is 5.45. The largest absolute Gasteiger partial charge is 0.273 e. The van der Waals surface area contributed by atoms with Gasteiger partial charge in [-0.3, -0.25) is 10.3 Å². The van der Waals surface area contributed by atoms with Crippen molar-refractivity contribution in [3.8, 4) is 0 Å². The second-order valence-corrected chi connectivity index (χ2v) is 2.79. The van der Waals surface area contributed by atoms with Crippen LogP contribution in [0.15, 0.2) is 30.3 Å². The van der Waals surface area contributed by atoms with Crippen molar-refractivity contribution in [2.24, 2.45) is 0 Å². The lowest BCUT2D eigenvalue weighted by Crippen LogP contribution is -2.01. The van der Waals surface area contributed by atoms with Gasteiger partial charge in [0.15, 0.2) is 0 Å². The molecule has 0 heterocycles. The van der Waals surface area contributed by atoms with Crippen LogP contribution in [0.25, 0.3) is 0 Å². The van der Waals surface area contributed by atoms with Crippen molar-refractivity contribution in [3.05, 3.63) is 30.3 Å². The van der Waals surface area contributed by atoms with Crippen molar-refractivity contribution < 1.29 is 4.84 Å². The molecule has 2 nitrogen and oxygen atoms in total. The van der Waals surface area contributed by atoms with E-state index in [2.05, 4.69) is 5.48 Å². The summed E-state index contributed by atoms with van der Waals surface area (Å²) in [7, 11) is 0. The topological polar surface area (TPSA) is 21.3 Å². The Morgan fingerprint density at radius 3 is 2.55 bits per heavy atom. The molecule has 1 aromatic rings. The first-order valence-corrected chi connectivity index (χ1v) is 3.92. The third-order valence-corrected chi connectivity index (χ3v) is 1.64. The summed E-state index contributed by atoms with van der Waals surface area (Å²) >= 11 is 0. The fourth-order valence-corrected chi connectivity index (χ4v) is 0.843. The van der Waals surface area contributed by atoms with Crippen LogP contribution in [0.2, 0.25) is 0 Å². The molecule has 2 heteroatoms. The second kappa shape index (κ2) is 2.93. The maximum Gasteiger partial charge on any atom is 0.0855 e. The van der Waals surface area contributed by atoms with E-state index < -0.39 is 0 Å². The van der Waals surface area contributed by atoms with Gasteiger partial charge in [-0.05, 0) is 25.0 Å². The lowest BCUT2D eigenvalue weighted by molar-refractivity contribution is 0.178. The molecule has 1 aliphatic rings. The summed E-state index contributed by atoms with van der Waals surface area (Å²) in [6, 6.07) is 9.93. The van der Waals surface area contributed by atoms with Gasteiger partial charge in [-0.1, -0.05) is 18.2 Å². The van der Waals surface area contributed by atoms with Crippen LogP contribution in [0.5, 0.6) is 0 Å². The standard InChI is InChI=1S/C9H11NO/c1-2-4-8(5-3-1)10-11-9-6-7-9/h1-5,9-10H,6-7H2. The first kappa shape index (κ1) is 6.68. The summed E-state index contributed by atoms with van der Waals surface area (Å²) in [5.74, 6) is 0. The molecular weight excluding hydrogens is 138 g/mol. The number of nitrogens with one attached hydrogen (secondary N) is 1. The van der Waals surface area contributed by atoms with Crippen LogP contribution in [0.3, 0.4) is 0 Å². The molecule has 0 aromatic heterocycles. The lowest BCUT2D eigenvalue weighted by atomic mass is 10.3. The molecule has 0 unspecified atom stereocenters. The van der Waals surface area contributed by atoms with Crippen molar-refractivity contribution in [2.75, 3.05) is 5.48 Å². The van der Waals surface area contributed by atoms with Gasteiger partial charge >= 0.3 is 0 Å². The molecule has 0 atom stereocenters. The lowest BCUT2D eigenvalue weighted by Gasteiger charge is -2.03. The molecule has 11 heavy (non-hydrogen) atoms. The van der Waals surface area contributed by atoms with Crippen LogP contribution in [-0.2, 0) is 4.84 Å². The van der Waals surface area contributed by atoms with Crippen LogP contribution in [0.1, 0.15) is 12.8 Å². The van der Waals surface area contributed by atoms with E-state index in [4.69, 9.17) is 4.84 Å². The Kier molecular flexibility index (Phi) is 1.78. The highest BCUT2D eigenvalue weighted by Gasteiger charge is 2.22. The SMILES string of the molecule is c1ccc(NOC2CC2)cc1. The predicted molar refractivity (Wildman–Crippen MR) is 44.2 cm³/mol. The van der Waals surface area contributed by atoms with Crippen molar-refractivity contribution in [1.82, 2.24) is 0 Å². The Balaban J connectivity index is 1.85. The summed E-state index contributed by atoms with van der Waals surface area (Å²) < 4.78 is 0. The molecule has 58 valence electrons. The van der Waals surface area contributed by atoms with Gasteiger partial charge in [-0.15, -0.1) is 0 Å². The molecule has 2 rings (SSSR count). The molecule has 0 radical (unpaired) electrons. The van der Waals surface area contributed by atoms with Crippen molar-refractivity contribution in [2.45, 2.75) is 18.9 Å². The summed E-state index contributed by atoms with van der Waals surface area (Å²) in [5.41, 5.74) is 3.93. The van der Waals surface area contributed by atoms with E-state index >= 15 is 0 Å². The summed E-state index contributed by atoms with van der Waals surface area (Å²) in [5, 5.41) is 0. The summed E-state index contributed by atoms with van der Waals surface area (Å²) in [4.78, 5) is 5.29. The number of anilines is 1. The minimum absolute atomic E-state index is 0.454. The molecular formula is C9H11NO. The number of rotatable bonds is 3. The third kappa shape index (κ3) is 1.95. The Hall–Kier alpha value is -1.02. The van der Waals surface area contributed by atoms with E-state index in [1.807, 2.05) is 30.3 Å². The Labute approximate surface area is 66.1 Å². The van der Waals surface area contributed by atoms with E-state index in [0.29, 0.717) is 6.10 Å². The van der Waals surface area contributed by atoms with Crippen LogP contribution in [0.4, 0.5) is 5.69 Å². The maximum atomic E-state index is 5.29. The van der Waals surface area contributed by atoms with E-state index in [1.165, 1.54) is 12.8 Å².